The van der Waals surface area contributed by atoms with E-state index in [1.807, 2.05) is 32.9 Å². The molecule has 0 aromatic heterocycles. The topological polar surface area (TPSA) is 58.6 Å². The summed E-state index contributed by atoms with van der Waals surface area (Å²) in [6, 6.07) is 8.12. The van der Waals surface area contributed by atoms with Crippen molar-refractivity contribution >= 4 is 12.0 Å². The summed E-state index contributed by atoms with van der Waals surface area (Å²) in [4.78, 5) is 11.0. The molecule has 1 atom stereocenters. The van der Waals surface area contributed by atoms with E-state index >= 15 is 0 Å². The SMILES string of the molecule is Cc1cc(C)c(C)c(Oc2ccc3c(c2)OC(C(F)(F)F)C(C(=O)[O-])=C3)c1.[Na+]. The fourth-order valence-corrected chi connectivity index (χ4v) is 2.88. The minimum absolute atomic E-state index is 0. The summed E-state index contributed by atoms with van der Waals surface area (Å²) < 4.78 is 50.2. The van der Waals surface area contributed by atoms with E-state index in [0.717, 1.165) is 22.8 Å². The van der Waals surface area contributed by atoms with Gasteiger partial charge in [0, 0.05) is 17.2 Å². The molecule has 3 rings (SSSR count). The van der Waals surface area contributed by atoms with Crippen molar-refractivity contribution in [1.82, 2.24) is 0 Å². The van der Waals surface area contributed by atoms with Crippen LogP contribution in [0, 0.1) is 20.8 Å². The van der Waals surface area contributed by atoms with Crippen molar-refractivity contribution in [2.75, 3.05) is 0 Å². The first-order chi connectivity index (χ1) is 12.6. The van der Waals surface area contributed by atoms with E-state index in [1.54, 1.807) is 0 Å². The van der Waals surface area contributed by atoms with E-state index in [2.05, 4.69) is 0 Å². The van der Waals surface area contributed by atoms with Crippen LogP contribution in [0.25, 0.3) is 6.08 Å². The molecule has 0 saturated heterocycles. The third-order valence-corrected chi connectivity index (χ3v) is 4.35. The van der Waals surface area contributed by atoms with Gasteiger partial charge in [0.25, 0.3) is 0 Å². The van der Waals surface area contributed by atoms with Crippen LogP contribution in [-0.2, 0) is 4.79 Å². The number of ether oxygens (including phenoxy) is 2. The Bertz CT molecular complexity index is 951. The van der Waals surface area contributed by atoms with E-state index < -0.39 is 23.8 Å². The minimum atomic E-state index is -4.88. The number of hydrogen-bond donors (Lipinski definition) is 0. The van der Waals surface area contributed by atoms with Gasteiger partial charge in [0.2, 0.25) is 6.10 Å². The van der Waals surface area contributed by atoms with Crippen LogP contribution in [0.15, 0.2) is 35.9 Å². The molecule has 0 radical (unpaired) electrons. The molecule has 0 amide bonds. The molecule has 2 aromatic carbocycles. The third kappa shape index (κ3) is 4.54. The Kier molecular flexibility index (Phi) is 6.53. The second-order valence-corrected chi connectivity index (χ2v) is 6.43. The zero-order valence-electron chi connectivity index (χ0n) is 15.8. The fraction of sp³-hybridized carbons (Fsp3) is 0.250. The molecule has 0 N–H and O–H groups in total. The monoisotopic (exact) mass is 400 g/mol. The molecule has 1 unspecified atom stereocenters. The summed E-state index contributed by atoms with van der Waals surface area (Å²) in [7, 11) is 0. The quantitative estimate of drug-likeness (QED) is 0.718. The predicted octanol–water partition coefficient (Wildman–Crippen LogP) is 0.865. The molecule has 142 valence electrons. The number of fused-ring (bicyclic) bond motifs is 1. The molecule has 0 bridgehead atoms. The average Bonchev–Trinajstić information content (AvgIpc) is 2.57. The van der Waals surface area contributed by atoms with E-state index in [9.17, 15) is 23.1 Å². The smallest absolute Gasteiger partial charge is 0.545 e. The summed E-state index contributed by atoms with van der Waals surface area (Å²) in [5.41, 5.74) is 2.17. The Morgan fingerprint density at radius 2 is 1.82 bits per heavy atom. The molecular formula is C20H16F3NaO4. The van der Waals surface area contributed by atoms with Gasteiger partial charge in [-0.2, -0.15) is 13.2 Å². The number of aliphatic carboxylic acids is 1. The van der Waals surface area contributed by atoms with Crippen LogP contribution < -0.4 is 44.1 Å². The summed E-state index contributed by atoms with van der Waals surface area (Å²) in [5.74, 6) is -1.16. The second-order valence-electron chi connectivity index (χ2n) is 6.43. The second kappa shape index (κ2) is 8.19. The fourth-order valence-electron chi connectivity index (χ4n) is 2.88. The molecule has 1 heterocycles. The van der Waals surface area contributed by atoms with Crippen LogP contribution in [0.4, 0.5) is 13.2 Å². The molecule has 1 aliphatic heterocycles. The Balaban J connectivity index is 0.00000280. The summed E-state index contributed by atoms with van der Waals surface area (Å²) in [6.07, 6.45) is -6.56. The van der Waals surface area contributed by atoms with Gasteiger partial charge < -0.3 is 19.4 Å². The third-order valence-electron chi connectivity index (χ3n) is 4.35. The number of benzene rings is 2. The first kappa shape index (κ1) is 22.3. The van der Waals surface area contributed by atoms with Crippen molar-refractivity contribution in [1.29, 1.82) is 0 Å². The maximum Gasteiger partial charge on any atom is 1.00 e. The first-order valence-electron chi connectivity index (χ1n) is 8.12. The molecule has 0 aliphatic carbocycles. The van der Waals surface area contributed by atoms with Crippen molar-refractivity contribution in [2.45, 2.75) is 33.1 Å². The van der Waals surface area contributed by atoms with Gasteiger partial charge in [0.1, 0.15) is 17.2 Å². The van der Waals surface area contributed by atoms with Gasteiger partial charge in [-0.15, -0.1) is 0 Å². The van der Waals surface area contributed by atoms with Crippen LogP contribution in [0.2, 0.25) is 0 Å². The maximum absolute atomic E-state index is 13.1. The Hall–Kier alpha value is -1.96. The van der Waals surface area contributed by atoms with Crippen LogP contribution in [-0.4, -0.2) is 18.2 Å². The molecule has 8 heteroatoms. The number of hydrogen-bond acceptors (Lipinski definition) is 4. The summed E-state index contributed by atoms with van der Waals surface area (Å²) in [5, 5.41) is 11.0. The first-order valence-corrected chi connectivity index (χ1v) is 8.12. The van der Waals surface area contributed by atoms with E-state index in [1.165, 1.54) is 18.2 Å². The van der Waals surface area contributed by atoms with Crippen LogP contribution in [0.1, 0.15) is 22.3 Å². The van der Waals surface area contributed by atoms with Crippen molar-refractivity contribution in [2.24, 2.45) is 0 Å². The zero-order valence-corrected chi connectivity index (χ0v) is 17.8. The molecule has 0 spiro atoms. The van der Waals surface area contributed by atoms with Gasteiger partial charge in [-0.3, -0.25) is 0 Å². The maximum atomic E-state index is 13.1. The number of carboxylic acids is 1. The molecule has 4 nitrogen and oxygen atoms in total. The minimum Gasteiger partial charge on any atom is -0.545 e. The molecule has 28 heavy (non-hydrogen) atoms. The van der Waals surface area contributed by atoms with Crippen molar-refractivity contribution in [3.8, 4) is 17.2 Å². The average molecular weight is 400 g/mol. The van der Waals surface area contributed by atoms with Gasteiger partial charge in [-0.05, 0) is 61.7 Å². The molecule has 0 saturated carbocycles. The standard InChI is InChI=1S/C20H17F3O4.Na/c1-10-6-11(2)12(3)16(7-10)26-14-5-4-13-8-15(19(24)25)18(20(21,22)23)27-17(13)9-14;/h4-9,18H,1-3H3,(H,24,25);/q;+1/p-1. The normalized spacial score (nSPS) is 15.6. The largest absolute Gasteiger partial charge is 1.00 e. The summed E-state index contributed by atoms with van der Waals surface area (Å²) in [6.45, 7) is 5.73. The Labute approximate surface area is 182 Å². The predicted molar refractivity (Wildman–Crippen MR) is 90.6 cm³/mol. The number of carbonyl (C=O) groups is 1. The zero-order chi connectivity index (χ0) is 19.9. The van der Waals surface area contributed by atoms with Crippen LogP contribution in [0.3, 0.4) is 0 Å². The van der Waals surface area contributed by atoms with Gasteiger partial charge in [-0.25, -0.2) is 0 Å². The van der Waals surface area contributed by atoms with Crippen LogP contribution >= 0.6 is 0 Å². The van der Waals surface area contributed by atoms with Gasteiger partial charge in [0.05, 0.1) is 5.97 Å². The van der Waals surface area contributed by atoms with Crippen molar-refractivity contribution in [3.05, 3.63) is 58.2 Å². The van der Waals surface area contributed by atoms with E-state index in [0.29, 0.717) is 5.75 Å². The Morgan fingerprint density at radius 1 is 1.14 bits per heavy atom. The van der Waals surface area contributed by atoms with E-state index in [-0.39, 0.29) is 46.6 Å². The van der Waals surface area contributed by atoms with Gasteiger partial charge in [0.15, 0.2) is 0 Å². The number of carboxylic acid groups (broad SMARTS) is 1. The number of aryl methyl sites for hydroxylation is 2. The number of alkyl halides is 3. The molecular weight excluding hydrogens is 384 g/mol. The molecule has 0 fully saturated rings. The van der Waals surface area contributed by atoms with Crippen LogP contribution in [0.5, 0.6) is 17.2 Å². The number of rotatable bonds is 3. The van der Waals surface area contributed by atoms with Gasteiger partial charge >= 0.3 is 35.7 Å². The van der Waals surface area contributed by atoms with Gasteiger partial charge in [-0.1, -0.05) is 6.07 Å². The van der Waals surface area contributed by atoms with Crippen molar-refractivity contribution < 1.29 is 62.1 Å². The summed E-state index contributed by atoms with van der Waals surface area (Å²) >= 11 is 0. The van der Waals surface area contributed by atoms with E-state index in [4.69, 9.17) is 9.47 Å². The Morgan fingerprint density at radius 3 is 2.43 bits per heavy atom. The molecule has 2 aromatic rings. The number of halogens is 3. The number of carbonyl (C=O) groups excluding carboxylic acids is 1. The van der Waals surface area contributed by atoms with Crippen molar-refractivity contribution in [3.63, 3.8) is 0 Å². The molecule has 1 aliphatic rings.